The van der Waals surface area contributed by atoms with Gasteiger partial charge in [-0.2, -0.15) is 0 Å². The maximum Gasteiger partial charge on any atom is 0.220 e. The van der Waals surface area contributed by atoms with E-state index in [0.717, 1.165) is 11.3 Å². The van der Waals surface area contributed by atoms with Crippen LogP contribution in [0.5, 0.6) is 11.5 Å². The molecule has 0 aliphatic carbocycles. The fraction of sp³-hybridized carbons (Fsp3) is 0.588. The molecule has 0 aliphatic rings. The maximum absolute atomic E-state index is 11.8. The molecule has 0 saturated carbocycles. The van der Waals surface area contributed by atoms with Crippen LogP contribution in [-0.4, -0.2) is 26.2 Å². The van der Waals surface area contributed by atoms with Crippen LogP contribution >= 0.6 is 0 Å². The van der Waals surface area contributed by atoms with Gasteiger partial charge in [-0.15, -0.1) is 0 Å². The third-order valence-electron chi connectivity index (χ3n) is 3.25. The van der Waals surface area contributed by atoms with E-state index in [1.54, 1.807) is 7.11 Å². The molecule has 1 aromatic carbocycles. The summed E-state index contributed by atoms with van der Waals surface area (Å²) in [5, 5.41) is 2.96. The van der Waals surface area contributed by atoms with Crippen LogP contribution in [0, 0.1) is 5.92 Å². The Morgan fingerprint density at radius 3 is 2.59 bits per heavy atom. The Morgan fingerprint density at radius 1 is 1.27 bits per heavy atom. The molecule has 0 fully saturated rings. The molecule has 5 heteroatoms. The lowest BCUT2D eigenvalue weighted by atomic mass is 10.1. The molecule has 0 saturated heterocycles. The highest BCUT2D eigenvalue weighted by Gasteiger charge is 2.13. The molecule has 1 rings (SSSR count). The number of amides is 1. The third kappa shape index (κ3) is 5.93. The number of hydrogen-bond acceptors (Lipinski definition) is 4. The Labute approximate surface area is 133 Å². The summed E-state index contributed by atoms with van der Waals surface area (Å²) in [7, 11) is 1.62. The van der Waals surface area contributed by atoms with E-state index in [9.17, 15) is 4.79 Å². The molecule has 1 aromatic rings. The minimum absolute atomic E-state index is 0.0112. The van der Waals surface area contributed by atoms with E-state index in [1.165, 1.54) is 0 Å². The monoisotopic (exact) mass is 308 g/mol. The first-order chi connectivity index (χ1) is 10.5. The Morgan fingerprint density at radius 2 is 2.00 bits per heavy atom. The van der Waals surface area contributed by atoms with E-state index >= 15 is 0 Å². The molecule has 0 spiro atoms. The van der Waals surface area contributed by atoms with E-state index in [-0.39, 0.29) is 11.9 Å². The van der Waals surface area contributed by atoms with Gasteiger partial charge in [0.25, 0.3) is 0 Å². The van der Waals surface area contributed by atoms with Crippen LogP contribution in [0.4, 0.5) is 0 Å². The lowest BCUT2D eigenvalue weighted by Gasteiger charge is -2.17. The van der Waals surface area contributed by atoms with E-state index in [1.807, 2.05) is 25.1 Å². The van der Waals surface area contributed by atoms with Crippen molar-refractivity contribution in [2.45, 2.75) is 39.7 Å². The van der Waals surface area contributed by atoms with Crippen molar-refractivity contribution >= 4 is 5.91 Å². The normalized spacial score (nSPS) is 12.1. The highest BCUT2D eigenvalue weighted by atomic mass is 16.5. The van der Waals surface area contributed by atoms with Crippen molar-refractivity contribution in [2.24, 2.45) is 11.7 Å². The Kier molecular flexibility index (Phi) is 7.74. The smallest absolute Gasteiger partial charge is 0.220 e. The molecule has 124 valence electrons. The molecule has 3 N–H and O–H groups in total. The molecular weight excluding hydrogens is 280 g/mol. The number of nitrogens with two attached hydrogens (primary N) is 1. The summed E-state index contributed by atoms with van der Waals surface area (Å²) in [4.78, 5) is 11.8. The third-order valence-corrected chi connectivity index (χ3v) is 3.25. The molecule has 1 amide bonds. The van der Waals surface area contributed by atoms with Crippen LogP contribution in [-0.2, 0) is 4.79 Å². The largest absolute Gasteiger partial charge is 0.493 e. The lowest BCUT2D eigenvalue weighted by Crippen LogP contribution is -2.26. The van der Waals surface area contributed by atoms with E-state index in [4.69, 9.17) is 15.2 Å². The van der Waals surface area contributed by atoms with Crippen LogP contribution < -0.4 is 20.5 Å². The first-order valence-corrected chi connectivity index (χ1v) is 7.78. The van der Waals surface area contributed by atoms with Gasteiger partial charge in [0.2, 0.25) is 5.91 Å². The van der Waals surface area contributed by atoms with Crippen LogP contribution in [0.3, 0.4) is 0 Å². The fourth-order valence-electron chi connectivity index (χ4n) is 1.99. The second kappa shape index (κ2) is 9.30. The summed E-state index contributed by atoms with van der Waals surface area (Å²) in [6.07, 6.45) is 1.15. The SMILES string of the molecule is COc1cc(C(C)NC(=O)CCCN)ccc1OCC(C)C. The van der Waals surface area contributed by atoms with Crippen molar-refractivity contribution in [3.63, 3.8) is 0 Å². The van der Waals surface area contributed by atoms with Crippen LogP contribution in [0.15, 0.2) is 18.2 Å². The van der Waals surface area contributed by atoms with Crippen molar-refractivity contribution in [3.05, 3.63) is 23.8 Å². The highest BCUT2D eigenvalue weighted by molar-refractivity contribution is 5.76. The molecule has 0 bridgehead atoms. The van der Waals surface area contributed by atoms with Gasteiger partial charge >= 0.3 is 0 Å². The Bertz CT molecular complexity index is 475. The van der Waals surface area contributed by atoms with Crippen molar-refractivity contribution < 1.29 is 14.3 Å². The molecule has 0 radical (unpaired) electrons. The van der Waals surface area contributed by atoms with Gasteiger partial charge in [0.05, 0.1) is 19.8 Å². The summed E-state index contributed by atoms with van der Waals surface area (Å²) >= 11 is 0. The number of benzene rings is 1. The van der Waals surface area contributed by atoms with E-state index in [2.05, 4.69) is 19.2 Å². The number of rotatable bonds is 9. The highest BCUT2D eigenvalue weighted by Crippen LogP contribution is 2.30. The number of hydrogen-bond donors (Lipinski definition) is 2. The zero-order valence-corrected chi connectivity index (χ0v) is 14.0. The number of carbonyl (C=O) groups is 1. The first kappa shape index (κ1) is 18.3. The number of carbonyl (C=O) groups excluding carboxylic acids is 1. The molecule has 1 unspecified atom stereocenters. The molecule has 0 aliphatic heterocycles. The van der Waals surface area contributed by atoms with Crippen molar-refractivity contribution in [3.8, 4) is 11.5 Å². The van der Waals surface area contributed by atoms with E-state index < -0.39 is 0 Å². The summed E-state index contributed by atoms with van der Waals surface area (Å²) in [5.41, 5.74) is 6.39. The summed E-state index contributed by atoms with van der Waals surface area (Å²) in [5.74, 6) is 1.87. The zero-order valence-electron chi connectivity index (χ0n) is 14.0. The molecule has 22 heavy (non-hydrogen) atoms. The minimum atomic E-state index is -0.0849. The average Bonchev–Trinajstić information content (AvgIpc) is 2.50. The summed E-state index contributed by atoms with van der Waals surface area (Å²) in [6.45, 7) is 7.31. The van der Waals surface area contributed by atoms with Gasteiger partial charge in [-0.1, -0.05) is 19.9 Å². The second-order valence-corrected chi connectivity index (χ2v) is 5.80. The van der Waals surface area contributed by atoms with Crippen LogP contribution in [0.25, 0.3) is 0 Å². The molecule has 1 atom stereocenters. The standard InChI is InChI=1S/C17H28N2O3/c1-12(2)11-22-15-8-7-14(10-16(15)21-4)13(3)19-17(20)6-5-9-18/h7-8,10,12-13H,5-6,9,11,18H2,1-4H3,(H,19,20). The van der Waals surface area contributed by atoms with Gasteiger partial charge in [0.1, 0.15) is 0 Å². The van der Waals surface area contributed by atoms with Crippen LogP contribution in [0.2, 0.25) is 0 Å². The lowest BCUT2D eigenvalue weighted by molar-refractivity contribution is -0.121. The quantitative estimate of drug-likeness (QED) is 0.735. The number of ether oxygens (including phenoxy) is 2. The van der Waals surface area contributed by atoms with Gasteiger partial charge in [-0.05, 0) is 43.5 Å². The topological polar surface area (TPSA) is 73.6 Å². The Hall–Kier alpha value is -1.75. The van der Waals surface area contributed by atoms with Crippen LogP contribution in [0.1, 0.15) is 45.2 Å². The van der Waals surface area contributed by atoms with Crippen molar-refractivity contribution in [2.75, 3.05) is 20.3 Å². The first-order valence-electron chi connectivity index (χ1n) is 7.78. The summed E-state index contributed by atoms with van der Waals surface area (Å²) in [6, 6.07) is 5.66. The predicted octanol–water partition coefficient (Wildman–Crippen LogP) is 2.65. The number of nitrogens with one attached hydrogen (secondary N) is 1. The fourth-order valence-corrected chi connectivity index (χ4v) is 1.99. The van der Waals surface area contributed by atoms with Gasteiger partial charge in [0, 0.05) is 6.42 Å². The van der Waals surface area contributed by atoms with Gasteiger partial charge in [0.15, 0.2) is 11.5 Å². The number of methoxy groups -OCH3 is 1. The molecule has 5 nitrogen and oxygen atoms in total. The van der Waals surface area contributed by atoms with E-state index in [0.29, 0.717) is 37.7 Å². The molecule has 0 heterocycles. The van der Waals surface area contributed by atoms with Gasteiger partial charge in [-0.25, -0.2) is 0 Å². The molecule has 0 aromatic heterocycles. The summed E-state index contributed by atoms with van der Waals surface area (Å²) < 4.78 is 11.1. The van der Waals surface area contributed by atoms with Crippen molar-refractivity contribution in [1.29, 1.82) is 0 Å². The second-order valence-electron chi connectivity index (χ2n) is 5.80. The van der Waals surface area contributed by atoms with Gasteiger partial charge in [-0.3, -0.25) is 4.79 Å². The maximum atomic E-state index is 11.8. The zero-order chi connectivity index (χ0) is 16.5. The van der Waals surface area contributed by atoms with Crippen molar-refractivity contribution in [1.82, 2.24) is 5.32 Å². The molecular formula is C17H28N2O3. The minimum Gasteiger partial charge on any atom is -0.493 e. The Balaban J connectivity index is 2.72. The average molecular weight is 308 g/mol. The van der Waals surface area contributed by atoms with Gasteiger partial charge < -0.3 is 20.5 Å². The predicted molar refractivity (Wildman–Crippen MR) is 88.2 cm³/mol.